The van der Waals surface area contributed by atoms with Crippen molar-refractivity contribution in [2.45, 2.75) is 58.2 Å². The number of nitrogens with zero attached hydrogens (tertiary/aromatic N) is 2. The van der Waals surface area contributed by atoms with Crippen LogP contribution in [-0.2, 0) is 0 Å². The van der Waals surface area contributed by atoms with E-state index in [0.29, 0.717) is 24.0 Å². The third-order valence-corrected chi connectivity index (χ3v) is 3.34. The van der Waals surface area contributed by atoms with Gasteiger partial charge in [0.15, 0.2) is 0 Å². The van der Waals surface area contributed by atoms with Gasteiger partial charge in [0, 0.05) is 30.2 Å². The van der Waals surface area contributed by atoms with Gasteiger partial charge in [-0.05, 0) is 39.7 Å². The molecule has 1 fully saturated rings. The van der Waals surface area contributed by atoms with Gasteiger partial charge in [-0.15, -0.1) is 0 Å². The molecule has 2 heterocycles. The maximum atomic E-state index is 4.41. The van der Waals surface area contributed by atoms with Crippen LogP contribution >= 0.6 is 0 Å². The van der Waals surface area contributed by atoms with E-state index in [0.717, 1.165) is 0 Å². The van der Waals surface area contributed by atoms with Crippen molar-refractivity contribution in [3.63, 3.8) is 0 Å². The maximum Gasteiger partial charge on any atom is 0.0525 e. The minimum absolute atomic E-state index is 0.459. The van der Waals surface area contributed by atoms with E-state index in [1.165, 1.54) is 12.0 Å². The van der Waals surface area contributed by atoms with Crippen LogP contribution in [0.5, 0.6) is 0 Å². The molecule has 0 aliphatic carbocycles. The van der Waals surface area contributed by atoms with E-state index in [9.17, 15) is 0 Å². The number of hydrogen-bond donors (Lipinski definition) is 1. The summed E-state index contributed by atoms with van der Waals surface area (Å²) in [5, 5.41) is 7.98. The van der Waals surface area contributed by atoms with Crippen LogP contribution in [0.25, 0.3) is 0 Å². The molecule has 1 N–H and O–H groups in total. The highest BCUT2D eigenvalue weighted by Crippen LogP contribution is 2.30. The summed E-state index contributed by atoms with van der Waals surface area (Å²) in [5.74, 6) is 0.632. The highest BCUT2D eigenvalue weighted by molar-refractivity contribution is 5.17. The van der Waals surface area contributed by atoms with Crippen LogP contribution in [0.1, 0.15) is 51.6 Å². The van der Waals surface area contributed by atoms with E-state index >= 15 is 0 Å². The molecule has 3 nitrogen and oxygen atoms in total. The maximum absolute atomic E-state index is 4.41. The normalized spacial score (nSPS) is 31.4. The lowest BCUT2D eigenvalue weighted by Crippen LogP contribution is -2.26. The van der Waals surface area contributed by atoms with Gasteiger partial charge in [-0.2, -0.15) is 5.10 Å². The van der Waals surface area contributed by atoms with Crippen LogP contribution in [0.4, 0.5) is 0 Å². The largest absolute Gasteiger partial charge is 0.311 e. The van der Waals surface area contributed by atoms with E-state index in [-0.39, 0.29) is 0 Å². The molecular formula is C12H21N3. The Morgan fingerprint density at radius 2 is 2.20 bits per heavy atom. The Kier molecular flexibility index (Phi) is 2.83. The van der Waals surface area contributed by atoms with Crippen molar-refractivity contribution < 1.29 is 0 Å². The fraction of sp³-hybridized carbons (Fsp3) is 0.750. The van der Waals surface area contributed by atoms with Gasteiger partial charge < -0.3 is 5.32 Å². The topological polar surface area (TPSA) is 29.9 Å². The van der Waals surface area contributed by atoms with E-state index in [4.69, 9.17) is 0 Å². The summed E-state index contributed by atoms with van der Waals surface area (Å²) in [5.41, 5.74) is 1.38. The van der Waals surface area contributed by atoms with Crippen molar-refractivity contribution in [3.8, 4) is 0 Å². The molecule has 1 aromatic rings. The average Bonchev–Trinajstić information content (AvgIpc) is 2.71. The first-order chi connectivity index (χ1) is 7.08. The number of hydrogen-bond acceptors (Lipinski definition) is 2. The summed E-state index contributed by atoms with van der Waals surface area (Å²) < 4.78 is 2.05. The zero-order valence-electron chi connectivity index (χ0n) is 10.1. The second-order valence-electron chi connectivity index (χ2n) is 5.05. The second-order valence-corrected chi connectivity index (χ2v) is 5.05. The van der Waals surface area contributed by atoms with Gasteiger partial charge >= 0.3 is 0 Å². The van der Waals surface area contributed by atoms with Crippen molar-refractivity contribution in [1.29, 1.82) is 0 Å². The first-order valence-electron chi connectivity index (χ1n) is 5.88. The predicted molar refractivity (Wildman–Crippen MR) is 62.0 cm³/mol. The third kappa shape index (κ3) is 2.07. The van der Waals surface area contributed by atoms with Crippen molar-refractivity contribution >= 4 is 0 Å². The van der Waals surface area contributed by atoms with Crippen LogP contribution in [0, 0.1) is 0 Å². The highest BCUT2D eigenvalue weighted by atomic mass is 15.3. The van der Waals surface area contributed by atoms with E-state index in [1.807, 2.05) is 10.9 Å². The molecule has 84 valence electrons. The molecule has 0 radical (unpaired) electrons. The lowest BCUT2D eigenvalue weighted by atomic mass is 9.94. The van der Waals surface area contributed by atoms with Gasteiger partial charge in [0.2, 0.25) is 0 Å². The van der Waals surface area contributed by atoms with Crippen molar-refractivity contribution in [2.75, 3.05) is 0 Å². The first kappa shape index (κ1) is 10.7. The zero-order chi connectivity index (χ0) is 11.0. The highest BCUT2D eigenvalue weighted by Gasteiger charge is 2.30. The predicted octanol–water partition coefficient (Wildman–Crippen LogP) is 2.32. The smallest absolute Gasteiger partial charge is 0.0525 e. The van der Waals surface area contributed by atoms with Gasteiger partial charge in [0.1, 0.15) is 0 Å². The molecule has 1 saturated heterocycles. The molecule has 2 rings (SSSR count). The molecule has 0 aromatic carbocycles. The van der Waals surface area contributed by atoms with Crippen molar-refractivity contribution in [2.24, 2.45) is 0 Å². The Hall–Kier alpha value is -0.830. The summed E-state index contributed by atoms with van der Waals surface area (Å²) in [6.07, 6.45) is 5.46. The monoisotopic (exact) mass is 207 g/mol. The molecule has 1 aromatic heterocycles. The quantitative estimate of drug-likeness (QED) is 0.806. The lowest BCUT2D eigenvalue weighted by molar-refractivity contribution is 0.530. The standard InChI is InChI=1S/C12H21N3/c1-8(2)15-7-11(6-13-15)12-5-9(3)14-10(12)4/h6-10,12,14H,5H2,1-4H3. The van der Waals surface area contributed by atoms with Crippen LogP contribution in [-0.4, -0.2) is 21.9 Å². The molecule has 1 aliphatic rings. The molecule has 0 bridgehead atoms. The SMILES string of the molecule is CC1CC(c2cnn(C(C)C)c2)C(C)N1. The Bertz CT molecular complexity index is 329. The number of aromatic nitrogens is 2. The van der Waals surface area contributed by atoms with Gasteiger partial charge in [0.05, 0.1) is 6.20 Å². The minimum Gasteiger partial charge on any atom is -0.311 e. The van der Waals surface area contributed by atoms with Gasteiger partial charge in [-0.25, -0.2) is 0 Å². The Balaban J connectivity index is 2.15. The lowest BCUT2D eigenvalue weighted by Gasteiger charge is -2.12. The third-order valence-electron chi connectivity index (χ3n) is 3.34. The molecule has 0 spiro atoms. The summed E-state index contributed by atoms with van der Waals surface area (Å²) in [7, 11) is 0. The molecule has 3 atom stereocenters. The first-order valence-corrected chi connectivity index (χ1v) is 5.88. The molecule has 1 aliphatic heterocycles. The number of nitrogens with one attached hydrogen (secondary N) is 1. The number of rotatable bonds is 2. The van der Waals surface area contributed by atoms with Gasteiger partial charge in [-0.3, -0.25) is 4.68 Å². The van der Waals surface area contributed by atoms with Crippen LogP contribution < -0.4 is 5.32 Å². The molecule has 15 heavy (non-hydrogen) atoms. The molecule has 0 amide bonds. The van der Waals surface area contributed by atoms with Crippen LogP contribution in [0.15, 0.2) is 12.4 Å². The fourth-order valence-electron chi connectivity index (χ4n) is 2.47. The molecule has 0 saturated carbocycles. The Labute approximate surface area is 91.9 Å². The second kappa shape index (κ2) is 3.97. The molecule has 3 unspecified atom stereocenters. The van der Waals surface area contributed by atoms with E-state index in [1.54, 1.807) is 0 Å². The Morgan fingerprint density at radius 3 is 2.67 bits per heavy atom. The molecule has 3 heteroatoms. The summed E-state index contributed by atoms with van der Waals surface area (Å²) >= 11 is 0. The fourth-order valence-corrected chi connectivity index (χ4v) is 2.47. The van der Waals surface area contributed by atoms with Crippen LogP contribution in [0.3, 0.4) is 0 Å². The summed E-state index contributed by atoms with van der Waals surface area (Å²) in [6.45, 7) is 8.84. The van der Waals surface area contributed by atoms with Crippen molar-refractivity contribution in [1.82, 2.24) is 15.1 Å². The Morgan fingerprint density at radius 1 is 1.47 bits per heavy atom. The summed E-state index contributed by atoms with van der Waals surface area (Å²) in [4.78, 5) is 0. The minimum atomic E-state index is 0.459. The van der Waals surface area contributed by atoms with Crippen LogP contribution in [0.2, 0.25) is 0 Å². The van der Waals surface area contributed by atoms with Gasteiger partial charge in [0.25, 0.3) is 0 Å². The van der Waals surface area contributed by atoms with Crippen molar-refractivity contribution in [3.05, 3.63) is 18.0 Å². The summed E-state index contributed by atoms with van der Waals surface area (Å²) in [6, 6.07) is 1.66. The zero-order valence-corrected chi connectivity index (χ0v) is 10.1. The molecular weight excluding hydrogens is 186 g/mol. The van der Waals surface area contributed by atoms with Gasteiger partial charge in [-0.1, -0.05) is 0 Å². The van der Waals surface area contributed by atoms with E-state index in [2.05, 4.69) is 44.3 Å². The van der Waals surface area contributed by atoms with E-state index < -0.39 is 0 Å². The average molecular weight is 207 g/mol.